The van der Waals surface area contributed by atoms with Gasteiger partial charge in [0, 0.05) is 29.9 Å². The molecule has 0 aromatic heterocycles. The second kappa shape index (κ2) is 4.83. The van der Waals surface area contributed by atoms with E-state index in [4.69, 9.17) is 10.2 Å². The molecule has 5 heteroatoms. The normalized spacial score (nSPS) is 10.3. The Labute approximate surface area is 103 Å². The molecule has 0 heterocycles. The van der Waals surface area contributed by atoms with Crippen molar-refractivity contribution in [3.05, 3.63) is 47.8 Å². The van der Waals surface area contributed by atoms with Gasteiger partial charge in [-0.15, -0.1) is 0 Å². The second-order valence-corrected chi connectivity index (χ2v) is 3.83. The van der Waals surface area contributed by atoms with Crippen LogP contribution < -0.4 is 5.32 Å². The summed E-state index contributed by atoms with van der Waals surface area (Å²) in [5, 5.41) is 30.6. The average Bonchev–Trinajstić information content (AvgIpc) is 2.32. The van der Waals surface area contributed by atoms with Crippen LogP contribution in [0.4, 0.5) is 10.1 Å². The van der Waals surface area contributed by atoms with Gasteiger partial charge in [0.15, 0.2) is 11.6 Å². The lowest BCUT2D eigenvalue weighted by molar-refractivity contribution is 0.432. The quantitative estimate of drug-likeness (QED) is 0.631. The van der Waals surface area contributed by atoms with E-state index in [1.807, 2.05) is 0 Å². The van der Waals surface area contributed by atoms with E-state index in [1.54, 1.807) is 6.07 Å². The Bertz CT molecular complexity index is 572. The first-order chi connectivity index (χ1) is 8.56. The zero-order chi connectivity index (χ0) is 13.1. The highest BCUT2D eigenvalue weighted by atomic mass is 19.1. The number of hydrogen-bond acceptors (Lipinski definition) is 4. The van der Waals surface area contributed by atoms with Gasteiger partial charge >= 0.3 is 0 Å². The summed E-state index contributed by atoms with van der Waals surface area (Å²) in [7, 11) is 0. The van der Waals surface area contributed by atoms with Gasteiger partial charge in [-0.25, -0.2) is 4.39 Å². The number of phenols is 3. The van der Waals surface area contributed by atoms with Crippen LogP contribution in [-0.2, 0) is 6.54 Å². The number of rotatable bonds is 3. The molecule has 0 saturated carbocycles. The van der Waals surface area contributed by atoms with Crippen LogP contribution in [0, 0.1) is 5.82 Å². The Morgan fingerprint density at radius 3 is 2.39 bits per heavy atom. The molecule has 94 valence electrons. The van der Waals surface area contributed by atoms with E-state index in [9.17, 15) is 9.50 Å². The standard InChI is InChI=1S/C13H12FNO3/c14-11-5-9(2-4-12(11)17)15-7-8-1-3-10(16)6-13(8)18/h1-6,15-18H,7H2. The molecule has 2 rings (SSSR count). The average molecular weight is 249 g/mol. The molecular formula is C13H12FNO3. The van der Waals surface area contributed by atoms with Gasteiger partial charge in [0.25, 0.3) is 0 Å². The first kappa shape index (κ1) is 12.0. The summed E-state index contributed by atoms with van der Waals surface area (Å²) in [6.07, 6.45) is 0. The van der Waals surface area contributed by atoms with Crippen molar-refractivity contribution in [3.8, 4) is 17.2 Å². The fourth-order valence-electron chi connectivity index (χ4n) is 1.52. The maximum absolute atomic E-state index is 13.1. The van der Waals surface area contributed by atoms with Gasteiger partial charge in [-0.3, -0.25) is 0 Å². The molecule has 0 unspecified atom stereocenters. The van der Waals surface area contributed by atoms with Crippen molar-refractivity contribution in [2.45, 2.75) is 6.54 Å². The highest BCUT2D eigenvalue weighted by molar-refractivity contribution is 5.48. The Morgan fingerprint density at radius 1 is 0.944 bits per heavy atom. The van der Waals surface area contributed by atoms with Crippen molar-refractivity contribution in [3.63, 3.8) is 0 Å². The number of aromatic hydroxyl groups is 3. The van der Waals surface area contributed by atoms with E-state index < -0.39 is 11.6 Å². The van der Waals surface area contributed by atoms with Crippen molar-refractivity contribution in [1.82, 2.24) is 0 Å². The van der Waals surface area contributed by atoms with Gasteiger partial charge in [-0.2, -0.15) is 0 Å². The number of hydrogen-bond donors (Lipinski definition) is 4. The predicted octanol–water partition coefficient (Wildman–Crippen LogP) is 2.55. The lowest BCUT2D eigenvalue weighted by Crippen LogP contribution is -1.99. The minimum Gasteiger partial charge on any atom is -0.508 e. The highest BCUT2D eigenvalue weighted by Crippen LogP contribution is 2.24. The van der Waals surface area contributed by atoms with Gasteiger partial charge in [0.2, 0.25) is 0 Å². The number of nitrogens with one attached hydrogen (secondary N) is 1. The smallest absolute Gasteiger partial charge is 0.166 e. The third-order valence-electron chi connectivity index (χ3n) is 2.50. The molecule has 2 aromatic rings. The van der Waals surface area contributed by atoms with Gasteiger partial charge in [0.05, 0.1) is 0 Å². The first-order valence-corrected chi connectivity index (χ1v) is 5.29. The molecular weight excluding hydrogens is 237 g/mol. The summed E-state index contributed by atoms with van der Waals surface area (Å²) in [6.45, 7) is 0.274. The molecule has 0 aliphatic heterocycles. The molecule has 0 radical (unpaired) electrons. The topological polar surface area (TPSA) is 72.7 Å². The minimum absolute atomic E-state index is 0.0214. The number of benzene rings is 2. The molecule has 0 spiro atoms. The van der Waals surface area contributed by atoms with E-state index in [-0.39, 0.29) is 18.0 Å². The summed E-state index contributed by atoms with van der Waals surface area (Å²) < 4.78 is 13.1. The first-order valence-electron chi connectivity index (χ1n) is 5.29. The maximum Gasteiger partial charge on any atom is 0.166 e. The largest absolute Gasteiger partial charge is 0.508 e. The van der Waals surface area contributed by atoms with Crippen LogP contribution in [0.1, 0.15) is 5.56 Å². The molecule has 0 amide bonds. The minimum atomic E-state index is -0.713. The Hall–Kier alpha value is -2.43. The molecule has 0 saturated heterocycles. The molecule has 0 atom stereocenters. The fourth-order valence-corrected chi connectivity index (χ4v) is 1.52. The number of anilines is 1. The molecule has 4 nitrogen and oxygen atoms in total. The van der Waals surface area contributed by atoms with Crippen LogP contribution >= 0.6 is 0 Å². The lowest BCUT2D eigenvalue weighted by atomic mass is 10.2. The van der Waals surface area contributed by atoms with E-state index in [0.29, 0.717) is 11.3 Å². The molecule has 0 aliphatic rings. The van der Waals surface area contributed by atoms with Crippen molar-refractivity contribution < 1.29 is 19.7 Å². The summed E-state index contributed by atoms with van der Waals surface area (Å²) in [5.41, 5.74) is 1.05. The van der Waals surface area contributed by atoms with Crippen LogP contribution in [0.15, 0.2) is 36.4 Å². The predicted molar refractivity (Wildman–Crippen MR) is 65.2 cm³/mol. The molecule has 2 aromatic carbocycles. The van der Waals surface area contributed by atoms with Crippen LogP contribution in [0.5, 0.6) is 17.2 Å². The van der Waals surface area contributed by atoms with Gasteiger partial charge in [-0.1, -0.05) is 0 Å². The zero-order valence-corrected chi connectivity index (χ0v) is 9.39. The van der Waals surface area contributed by atoms with Gasteiger partial charge < -0.3 is 20.6 Å². The number of halogens is 1. The fraction of sp³-hybridized carbons (Fsp3) is 0.0769. The van der Waals surface area contributed by atoms with Crippen molar-refractivity contribution in [2.75, 3.05) is 5.32 Å². The molecule has 4 N–H and O–H groups in total. The summed E-state index contributed by atoms with van der Waals surface area (Å²) in [5.74, 6) is -1.18. The Balaban J connectivity index is 2.09. The SMILES string of the molecule is Oc1ccc(CNc2ccc(O)c(F)c2)c(O)c1. The summed E-state index contributed by atoms with van der Waals surface area (Å²) in [4.78, 5) is 0. The van der Waals surface area contributed by atoms with Crippen LogP contribution in [0.25, 0.3) is 0 Å². The maximum atomic E-state index is 13.1. The van der Waals surface area contributed by atoms with Crippen LogP contribution in [0.2, 0.25) is 0 Å². The van der Waals surface area contributed by atoms with Crippen LogP contribution in [0.3, 0.4) is 0 Å². The third kappa shape index (κ3) is 2.63. The molecule has 0 aliphatic carbocycles. The van der Waals surface area contributed by atoms with Crippen molar-refractivity contribution in [2.24, 2.45) is 0 Å². The molecule has 0 fully saturated rings. The van der Waals surface area contributed by atoms with E-state index in [1.165, 1.54) is 24.3 Å². The summed E-state index contributed by atoms with van der Waals surface area (Å²) in [6, 6.07) is 8.17. The van der Waals surface area contributed by atoms with Crippen LogP contribution in [-0.4, -0.2) is 15.3 Å². The van der Waals surface area contributed by atoms with Gasteiger partial charge in [-0.05, 0) is 24.3 Å². The highest BCUT2D eigenvalue weighted by Gasteiger charge is 2.04. The number of phenolic OH excluding ortho intramolecular Hbond substituents is 3. The van der Waals surface area contributed by atoms with Gasteiger partial charge in [0.1, 0.15) is 11.5 Å². The zero-order valence-electron chi connectivity index (χ0n) is 9.39. The van der Waals surface area contributed by atoms with E-state index in [0.717, 1.165) is 6.07 Å². The summed E-state index contributed by atoms with van der Waals surface area (Å²) >= 11 is 0. The molecule has 0 bridgehead atoms. The van der Waals surface area contributed by atoms with Crippen molar-refractivity contribution in [1.29, 1.82) is 0 Å². The van der Waals surface area contributed by atoms with Crippen molar-refractivity contribution >= 4 is 5.69 Å². The monoisotopic (exact) mass is 249 g/mol. The van der Waals surface area contributed by atoms with E-state index in [2.05, 4.69) is 5.32 Å². The lowest BCUT2D eigenvalue weighted by Gasteiger charge is -2.09. The van der Waals surface area contributed by atoms with E-state index >= 15 is 0 Å². The third-order valence-corrected chi connectivity index (χ3v) is 2.50. The molecule has 18 heavy (non-hydrogen) atoms. The Morgan fingerprint density at radius 2 is 1.72 bits per heavy atom. The second-order valence-electron chi connectivity index (χ2n) is 3.83. The Kier molecular flexibility index (Phi) is 3.23.